The highest BCUT2D eigenvalue weighted by Gasteiger charge is 2.48. The van der Waals surface area contributed by atoms with Crippen molar-refractivity contribution in [3.63, 3.8) is 0 Å². The molecule has 0 radical (unpaired) electrons. The molecule has 19 heavy (non-hydrogen) atoms. The number of halogens is 1. The van der Waals surface area contributed by atoms with Gasteiger partial charge in [0.05, 0.1) is 17.7 Å². The van der Waals surface area contributed by atoms with Crippen LogP contribution >= 0.6 is 11.6 Å². The van der Waals surface area contributed by atoms with E-state index in [0.717, 1.165) is 17.6 Å². The van der Waals surface area contributed by atoms with Gasteiger partial charge in [-0.2, -0.15) is 15.1 Å². The lowest BCUT2D eigenvalue weighted by Crippen LogP contribution is -2.57. The Morgan fingerprint density at radius 1 is 1.47 bits per heavy atom. The summed E-state index contributed by atoms with van der Waals surface area (Å²) >= 11 is 5.92. The molecule has 0 bridgehead atoms. The van der Waals surface area contributed by atoms with Gasteiger partial charge in [-0.25, -0.2) is 0 Å². The number of ether oxygens (including phenoxy) is 1. The molecule has 3 rings (SSSR count). The maximum Gasteiger partial charge on any atom is 0.226 e. The summed E-state index contributed by atoms with van der Waals surface area (Å²) in [6.45, 7) is 4.36. The van der Waals surface area contributed by atoms with Crippen LogP contribution in [0.15, 0.2) is 6.20 Å². The largest absolute Gasteiger partial charge is 0.381 e. The molecule has 2 aromatic rings. The van der Waals surface area contributed by atoms with E-state index in [-0.39, 0.29) is 16.8 Å². The van der Waals surface area contributed by atoms with Crippen LogP contribution in [0.4, 0.5) is 5.82 Å². The first-order chi connectivity index (χ1) is 9.02. The lowest BCUT2D eigenvalue weighted by atomic mass is 9.64. The molecule has 7 heteroatoms. The molecule has 6 nitrogen and oxygen atoms in total. The molecule has 0 aromatic carbocycles. The molecule has 0 aliphatic heterocycles. The lowest BCUT2D eigenvalue weighted by Gasteiger charge is -2.51. The number of aromatic nitrogens is 4. The van der Waals surface area contributed by atoms with Gasteiger partial charge in [0, 0.05) is 18.6 Å². The summed E-state index contributed by atoms with van der Waals surface area (Å²) < 4.78 is 5.45. The van der Waals surface area contributed by atoms with E-state index < -0.39 is 0 Å². The number of nitrogens with zero attached hydrogens (tertiary/aromatic N) is 3. The first-order valence-electron chi connectivity index (χ1n) is 6.18. The Balaban J connectivity index is 1.88. The Morgan fingerprint density at radius 2 is 2.26 bits per heavy atom. The number of H-pyrrole nitrogens is 1. The summed E-state index contributed by atoms with van der Waals surface area (Å²) in [7, 11) is 1.75. The van der Waals surface area contributed by atoms with Crippen LogP contribution in [0.1, 0.15) is 20.3 Å². The highest BCUT2D eigenvalue weighted by Crippen LogP contribution is 2.44. The van der Waals surface area contributed by atoms with Crippen LogP contribution < -0.4 is 5.32 Å². The van der Waals surface area contributed by atoms with Gasteiger partial charge in [0.1, 0.15) is 5.82 Å². The van der Waals surface area contributed by atoms with Crippen LogP contribution in [-0.2, 0) is 4.74 Å². The van der Waals surface area contributed by atoms with Gasteiger partial charge in [-0.1, -0.05) is 13.8 Å². The van der Waals surface area contributed by atoms with Gasteiger partial charge in [0.15, 0.2) is 5.65 Å². The summed E-state index contributed by atoms with van der Waals surface area (Å²) in [5, 5.41) is 11.3. The number of fused-ring (bicyclic) bond motifs is 1. The van der Waals surface area contributed by atoms with Crippen molar-refractivity contribution in [2.75, 3.05) is 12.4 Å². The molecule has 2 heterocycles. The van der Waals surface area contributed by atoms with Crippen molar-refractivity contribution in [3.8, 4) is 0 Å². The zero-order chi connectivity index (χ0) is 13.6. The molecule has 1 fully saturated rings. The summed E-state index contributed by atoms with van der Waals surface area (Å²) in [4.78, 5) is 8.34. The van der Waals surface area contributed by atoms with Crippen LogP contribution in [0.3, 0.4) is 0 Å². The van der Waals surface area contributed by atoms with Crippen LogP contribution in [0.25, 0.3) is 11.0 Å². The zero-order valence-electron chi connectivity index (χ0n) is 11.1. The molecular formula is C12H16ClN5O. The third-order valence-corrected chi connectivity index (χ3v) is 4.22. The Hall–Kier alpha value is -1.40. The van der Waals surface area contributed by atoms with Gasteiger partial charge < -0.3 is 10.1 Å². The Kier molecular flexibility index (Phi) is 2.87. The van der Waals surface area contributed by atoms with Crippen molar-refractivity contribution < 1.29 is 4.74 Å². The normalized spacial score (nSPS) is 25.3. The fourth-order valence-corrected chi connectivity index (χ4v) is 2.78. The number of hydrogen-bond acceptors (Lipinski definition) is 5. The van der Waals surface area contributed by atoms with Crippen molar-refractivity contribution in [1.29, 1.82) is 0 Å². The highest BCUT2D eigenvalue weighted by molar-refractivity contribution is 6.28. The zero-order valence-corrected chi connectivity index (χ0v) is 11.8. The SMILES string of the molecule is COC1CC(Nc2nc(Cl)nc3[nH]ncc23)C1(C)C. The van der Waals surface area contributed by atoms with Crippen LogP contribution in [0.5, 0.6) is 0 Å². The quantitative estimate of drug-likeness (QED) is 0.844. The Labute approximate surface area is 115 Å². The van der Waals surface area contributed by atoms with Crippen molar-refractivity contribution in [1.82, 2.24) is 20.2 Å². The summed E-state index contributed by atoms with van der Waals surface area (Å²) in [6, 6.07) is 0.293. The molecule has 0 amide bonds. The lowest BCUT2D eigenvalue weighted by molar-refractivity contribution is -0.0795. The second kappa shape index (κ2) is 4.31. The average Bonchev–Trinajstić information content (AvgIpc) is 2.81. The monoisotopic (exact) mass is 281 g/mol. The molecule has 2 unspecified atom stereocenters. The van der Waals surface area contributed by atoms with E-state index in [0.29, 0.717) is 11.7 Å². The second-order valence-corrected chi connectivity index (χ2v) is 5.79. The van der Waals surface area contributed by atoms with E-state index in [1.54, 1.807) is 13.3 Å². The third kappa shape index (κ3) is 1.95. The van der Waals surface area contributed by atoms with Crippen molar-refractivity contribution in [2.45, 2.75) is 32.4 Å². The maximum atomic E-state index is 5.92. The number of hydrogen-bond donors (Lipinski definition) is 2. The molecule has 0 spiro atoms. The van der Waals surface area contributed by atoms with E-state index >= 15 is 0 Å². The molecule has 102 valence electrons. The second-order valence-electron chi connectivity index (χ2n) is 5.45. The van der Waals surface area contributed by atoms with Gasteiger partial charge >= 0.3 is 0 Å². The van der Waals surface area contributed by atoms with Gasteiger partial charge in [0.2, 0.25) is 5.28 Å². The topological polar surface area (TPSA) is 75.7 Å². The minimum absolute atomic E-state index is 0.0578. The average molecular weight is 282 g/mol. The molecule has 0 saturated heterocycles. The Bertz CT molecular complexity index is 611. The van der Waals surface area contributed by atoms with Gasteiger partial charge in [-0.05, 0) is 18.0 Å². The molecule has 2 N–H and O–H groups in total. The molecular weight excluding hydrogens is 266 g/mol. The van der Waals surface area contributed by atoms with Gasteiger partial charge in [-0.15, -0.1) is 0 Å². The molecule has 1 aliphatic rings. The van der Waals surface area contributed by atoms with Crippen molar-refractivity contribution >= 4 is 28.5 Å². The van der Waals surface area contributed by atoms with Crippen molar-refractivity contribution in [2.24, 2.45) is 5.41 Å². The van der Waals surface area contributed by atoms with E-state index in [9.17, 15) is 0 Å². The predicted octanol–water partition coefficient (Wildman–Crippen LogP) is 2.23. The van der Waals surface area contributed by atoms with Gasteiger partial charge in [0.25, 0.3) is 0 Å². The fraction of sp³-hybridized carbons (Fsp3) is 0.583. The minimum Gasteiger partial charge on any atom is -0.381 e. The fourth-order valence-electron chi connectivity index (χ4n) is 2.61. The molecule has 1 saturated carbocycles. The highest BCUT2D eigenvalue weighted by atomic mass is 35.5. The summed E-state index contributed by atoms with van der Waals surface area (Å²) in [5.74, 6) is 0.719. The van der Waals surface area contributed by atoms with Gasteiger partial charge in [-0.3, -0.25) is 5.10 Å². The summed E-state index contributed by atoms with van der Waals surface area (Å²) in [5.41, 5.74) is 0.699. The number of nitrogens with one attached hydrogen (secondary N) is 2. The minimum atomic E-state index is 0.0578. The summed E-state index contributed by atoms with van der Waals surface area (Å²) in [6.07, 6.45) is 2.92. The van der Waals surface area contributed by atoms with E-state index in [4.69, 9.17) is 16.3 Å². The van der Waals surface area contributed by atoms with Crippen LogP contribution in [-0.4, -0.2) is 39.4 Å². The number of methoxy groups -OCH3 is 1. The third-order valence-electron chi connectivity index (χ3n) is 4.06. The van der Waals surface area contributed by atoms with E-state index in [1.165, 1.54) is 0 Å². The number of anilines is 1. The molecule has 1 aliphatic carbocycles. The smallest absolute Gasteiger partial charge is 0.226 e. The predicted molar refractivity (Wildman–Crippen MR) is 73.3 cm³/mol. The number of aromatic amines is 1. The van der Waals surface area contributed by atoms with E-state index in [1.807, 2.05) is 0 Å². The first-order valence-corrected chi connectivity index (χ1v) is 6.56. The number of rotatable bonds is 3. The maximum absolute atomic E-state index is 5.92. The van der Waals surface area contributed by atoms with Crippen LogP contribution in [0.2, 0.25) is 5.28 Å². The standard InChI is InChI=1S/C12H16ClN5O/c1-12(2)7(4-8(12)19-3)15-9-6-5-14-18-10(6)17-11(13)16-9/h5,7-8H,4H2,1-3H3,(H2,14,15,16,17,18). The van der Waals surface area contributed by atoms with Crippen LogP contribution in [0, 0.1) is 5.41 Å². The van der Waals surface area contributed by atoms with Crippen molar-refractivity contribution in [3.05, 3.63) is 11.5 Å². The Morgan fingerprint density at radius 3 is 2.95 bits per heavy atom. The molecule has 2 atom stereocenters. The van der Waals surface area contributed by atoms with E-state index in [2.05, 4.69) is 39.3 Å². The molecule has 2 aromatic heterocycles. The first kappa shape index (κ1) is 12.6.